The van der Waals surface area contributed by atoms with Crippen molar-refractivity contribution in [1.29, 1.82) is 0 Å². The van der Waals surface area contributed by atoms with Gasteiger partial charge in [0.05, 0.1) is 6.04 Å². The van der Waals surface area contributed by atoms with Gasteiger partial charge in [0.15, 0.2) is 0 Å². The second-order valence-electron chi connectivity index (χ2n) is 9.73. The maximum atomic E-state index is 12.8. The number of fused-ring (bicyclic) bond motifs is 3. The third-order valence-corrected chi connectivity index (χ3v) is 7.49. The number of ether oxygens (including phenoxy) is 1. The largest absolute Gasteiger partial charge is 0.457 e. The van der Waals surface area contributed by atoms with Gasteiger partial charge in [-0.1, -0.05) is 18.2 Å². The van der Waals surface area contributed by atoms with E-state index in [1.54, 1.807) is 11.9 Å². The quantitative estimate of drug-likeness (QED) is 0.416. The highest BCUT2D eigenvalue weighted by atomic mass is 16.5. The van der Waals surface area contributed by atoms with Crippen LogP contribution in [0.2, 0.25) is 0 Å². The normalized spacial score (nSPS) is 20.1. The number of benzene rings is 2. The van der Waals surface area contributed by atoms with Crippen LogP contribution in [0.25, 0.3) is 11.3 Å². The minimum Gasteiger partial charge on any atom is -0.457 e. The van der Waals surface area contributed by atoms with Crippen molar-refractivity contribution in [2.45, 2.75) is 31.3 Å². The van der Waals surface area contributed by atoms with Crippen molar-refractivity contribution in [3.05, 3.63) is 72.8 Å². The van der Waals surface area contributed by atoms with E-state index in [0.29, 0.717) is 29.4 Å². The molecule has 1 fully saturated rings. The molecule has 1 aliphatic heterocycles. The number of nitrogens with two attached hydrogens (primary N) is 1. The number of hydrogen-bond donors (Lipinski definition) is 2. The number of amides is 2. The molecule has 1 saturated carbocycles. The fourth-order valence-electron chi connectivity index (χ4n) is 5.55. The monoisotopic (exact) mass is 512 g/mol. The van der Waals surface area contributed by atoms with Crippen LogP contribution in [0.15, 0.2) is 67.3 Å². The van der Waals surface area contributed by atoms with Gasteiger partial charge >= 0.3 is 6.03 Å². The van der Waals surface area contributed by atoms with Crippen LogP contribution in [-0.4, -0.2) is 61.0 Å². The third-order valence-electron chi connectivity index (χ3n) is 7.49. The Labute approximate surface area is 219 Å². The topological polar surface area (TPSA) is 133 Å². The highest BCUT2D eigenvalue weighted by Crippen LogP contribution is 2.43. The summed E-state index contributed by atoms with van der Waals surface area (Å²) in [5.74, 6) is 1.80. The zero-order valence-corrected chi connectivity index (χ0v) is 20.9. The highest BCUT2D eigenvalue weighted by molar-refractivity contribution is 6.03. The molecule has 38 heavy (non-hydrogen) atoms. The Morgan fingerprint density at radius 3 is 2.55 bits per heavy atom. The third kappa shape index (κ3) is 4.25. The summed E-state index contributed by atoms with van der Waals surface area (Å²) >= 11 is 0. The van der Waals surface area contributed by atoms with Gasteiger partial charge in [0.1, 0.15) is 41.2 Å². The molecule has 3 N–H and O–H groups in total. The van der Waals surface area contributed by atoms with Gasteiger partial charge in [-0.2, -0.15) is 14.9 Å². The van der Waals surface area contributed by atoms with Crippen LogP contribution in [0.1, 0.15) is 35.7 Å². The van der Waals surface area contributed by atoms with Crippen molar-refractivity contribution in [3.8, 4) is 22.8 Å². The summed E-state index contributed by atoms with van der Waals surface area (Å²) in [5, 5.41) is 12.3. The SMILES string of the molecule is CN(C(=O)n1cncn1)C1CCC2C(CNc3c(C(N)=O)c(-c4ccc(Oc5ccccc5)cc4)nn32)C1. The average Bonchev–Trinajstić information content (AvgIpc) is 3.62. The molecule has 2 aliphatic rings. The van der Waals surface area contributed by atoms with Crippen LogP contribution in [0.4, 0.5) is 10.6 Å². The predicted molar refractivity (Wildman–Crippen MR) is 140 cm³/mol. The molecule has 11 nitrogen and oxygen atoms in total. The number of para-hydroxylation sites is 1. The summed E-state index contributed by atoms with van der Waals surface area (Å²) < 4.78 is 9.07. The Hall–Kier alpha value is -4.67. The van der Waals surface area contributed by atoms with E-state index in [1.165, 1.54) is 17.3 Å². The van der Waals surface area contributed by atoms with E-state index in [-0.39, 0.29) is 24.0 Å². The molecule has 1 aliphatic carbocycles. The molecule has 11 heteroatoms. The Balaban J connectivity index is 1.23. The number of nitrogens with one attached hydrogen (secondary N) is 1. The molecular weight excluding hydrogens is 484 g/mol. The Kier molecular flexibility index (Phi) is 6.02. The second-order valence-corrected chi connectivity index (χ2v) is 9.73. The molecule has 0 saturated heterocycles. The van der Waals surface area contributed by atoms with E-state index in [9.17, 15) is 9.59 Å². The average molecular weight is 513 g/mol. The molecule has 2 aromatic carbocycles. The van der Waals surface area contributed by atoms with Gasteiger partial charge in [-0.05, 0) is 55.7 Å². The molecule has 0 spiro atoms. The van der Waals surface area contributed by atoms with Gasteiger partial charge in [0, 0.05) is 31.1 Å². The summed E-state index contributed by atoms with van der Waals surface area (Å²) in [6.45, 7) is 0.668. The van der Waals surface area contributed by atoms with Crippen LogP contribution >= 0.6 is 0 Å². The second kappa shape index (κ2) is 9.66. The van der Waals surface area contributed by atoms with Crippen molar-refractivity contribution in [1.82, 2.24) is 29.4 Å². The lowest BCUT2D eigenvalue weighted by molar-refractivity contribution is 0.0999. The van der Waals surface area contributed by atoms with Crippen molar-refractivity contribution in [2.24, 2.45) is 11.7 Å². The molecule has 4 aromatic rings. The van der Waals surface area contributed by atoms with Crippen molar-refractivity contribution in [2.75, 3.05) is 18.9 Å². The molecule has 194 valence electrons. The number of anilines is 1. The lowest BCUT2D eigenvalue weighted by Crippen LogP contribution is -2.47. The fourth-order valence-corrected chi connectivity index (χ4v) is 5.55. The molecule has 0 bridgehead atoms. The van der Waals surface area contributed by atoms with Gasteiger partial charge in [-0.3, -0.25) is 4.79 Å². The smallest absolute Gasteiger partial charge is 0.346 e. The van der Waals surface area contributed by atoms with Crippen molar-refractivity contribution in [3.63, 3.8) is 0 Å². The summed E-state index contributed by atoms with van der Waals surface area (Å²) in [6, 6.07) is 17.0. The minimum atomic E-state index is -0.524. The van der Waals surface area contributed by atoms with Gasteiger partial charge < -0.3 is 20.7 Å². The summed E-state index contributed by atoms with van der Waals surface area (Å²) in [5.41, 5.74) is 7.57. The Morgan fingerprint density at radius 2 is 1.84 bits per heavy atom. The molecule has 3 heterocycles. The Bertz CT molecular complexity index is 1450. The van der Waals surface area contributed by atoms with Crippen LogP contribution in [0.5, 0.6) is 11.5 Å². The van der Waals surface area contributed by atoms with Crippen LogP contribution in [0, 0.1) is 5.92 Å². The van der Waals surface area contributed by atoms with Gasteiger partial charge in [0.25, 0.3) is 5.91 Å². The van der Waals surface area contributed by atoms with E-state index in [0.717, 1.165) is 30.6 Å². The lowest BCUT2D eigenvalue weighted by Gasteiger charge is -2.42. The number of hydrogen-bond acceptors (Lipinski definition) is 7. The van der Waals surface area contributed by atoms with Crippen molar-refractivity contribution >= 4 is 17.8 Å². The highest BCUT2D eigenvalue weighted by Gasteiger charge is 2.40. The lowest BCUT2D eigenvalue weighted by atomic mass is 9.80. The Morgan fingerprint density at radius 1 is 1.08 bits per heavy atom. The molecule has 2 aromatic heterocycles. The molecule has 6 rings (SSSR count). The maximum Gasteiger partial charge on any atom is 0.346 e. The maximum absolute atomic E-state index is 12.8. The minimum absolute atomic E-state index is 0.0686. The first-order valence-corrected chi connectivity index (χ1v) is 12.6. The summed E-state index contributed by atoms with van der Waals surface area (Å²) in [4.78, 5) is 30.9. The van der Waals surface area contributed by atoms with Gasteiger partial charge in [-0.15, -0.1) is 0 Å². The zero-order valence-electron chi connectivity index (χ0n) is 20.9. The molecule has 2 amide bonds. The fraction of sp³-hybridized carbons (Fsp3) is 0.296. The number of aromatic nitrogens is 5. The first-order valence-electron chi connectivity index (χ1n) is 12.6. The van der Waals surface area contributed by atoms with E-state index >= 15 is 0 Å². The van der Waals surface area contributed by atoms with Crippen LogP contribution in [0.3, 0.4) is 0 Å². The van der Waals surface area contributed by atoms with E-state index < -0.39 is 5.91 Å². The van der Waals surface area contributed by atoms with E-state index in [4.69, 9.17) is 15.6 Å². The van der Waals surface area contributed by atoms with Crippen LogP contribution < -0.4 is 15.8 Å². The molecular formula is C27H28N8O3. The summed E-state index contributed by atoms with van der Waals surface area (Å²) in [6.07, 6.45) is 5.20. The number of carbonyl (C=O) groups is 2. The molecule has 3 atom stereocenters. The van der Waals surface area contributed by atoms with E-state index in [1.807, 2.05) is 59.3 Å². The zero-order chi connectivity index (χ0) is 26.2. The first kappa shape index (κ1) is 23.7. The van der Waals surface area contributed by atoms with Gasteiger partial charge in [0.2, 0.25) is 0 Å². The predicted octanol–water partition coefficient (Wildman–Crippen LogP) is 3.77. The van der Waals surface area contributed by atoms with Crippen LogP contribution in [-0.2, 0) is 0 Å². The first-order chi connectivity index (χ1) is 18.5. The van der Waals surface area contributed by atoms with Crippen molar-refractivity contribution < 1.29 is 14.3 Å². The number of rotatable bonds is 5. The number of carbonyl (C=O) groups excluding carboxylic acids is 2. The standard InChI is InChI=1S/C27H28N8O3/c1-33(27(37)34-16-29-15-31-34)19-9-12-22-18(13-19)14-30-26-23(25(28)36)24(32-35(22)26)17-7-10-21(11-8-17)38-20-5-3-2-4-6-20/h2-8,10-11,15-16,18-19,22,30H,9,12-14H2,1H3,(H2,28,36). The summed E-state index contributed by atoms with van der Waals surface area (Å²) in [7, 11) is 1.80. The number of primary amides is 1. The number of nitrogens with zero attached hydrogens (tertiary/aromatic N) is 6. The molecule has 0 radical (unpaired) electrons. The molecule has 3 unspecified atom stereocenters. The van der Waals surface area contributed by atoms with Gasteiger partial charge in [-0.25, -0.2) is 14.5 Å². The van der Waals surface area contributed by atoms with E-state index in [2.05, 4.69) is 15.4 Å².